The predicted octanol–water partition coefficient (Wildman–Crippen LogP) is 2.71. The summed E-state index contributed by atoms with van der Waals surface area (Å²) in [6.45, 7) is 5.84. The molecule has 0 aliphatic carbocycles. The van der Waals surface area contributed by atoms with Crippen molar-refractivity contribution < 1.29 is 4.79 Å². The Hall–Kier alpha value is -2.41. The van der Waals surface area contributed by atoms with E-state index in [1.165, 1.54) is 16.9 Å². The summed E-state index contributed by atoms with van der Waals surface area (Å²) in [5.74, 6) is -0.160. The minimum absolute atomic E-state index is 0.160. The van der Waals surface area contributed by atoms with Gasteiger partial charge in [-0.1, -0.05) is 23.0 Å². The molecule has 0 saturated carbocycles. The Balaban J connectivity index is 1.87. The molecule has 0 bridgehead atoms. The number of nitrogens with two attached hydrogens (primary N) is 1. The Morgan fingerprint density at radius 2 is 2.14 bits per heavy atom. The molecule has 0 spiro atoms. The quantitative estimate of drug-likeness (QED) is 0.692. The maximum Gasteiger partial charge on any atom is 0.268 e. The SMILES string of the molecule is Cc1ccc2[nH]c(C(=O)NC(C)c3nnc(N)s3)c(C)c2c1. The summed E-state index contributed by atoms with van der Waals surface area (Å²) in [6.07, 6.45) is 0. The second-order valence-electron chi connectivity index (χ2n) is 5.35. The molecule has 22 heavy (non-hydrogen) atoms. The van der Waals surface area contributed by atoms with Gasteiger partial charge in [-0.3, -0.25) is 4.79 Å². The number of carbonyl (C=O) groups is 1. The number of fused-ring (bicyclic) bond motifs is 1. The number of nitrogens with zero attached hydrogens (tertiary/aromatic N) is 2. The van der Waals surface area contributed by atoms with Gasteiger partial charge in [0.25, 0.3) is 5.91 Å². The summed E-state index contributed by atoms with van der Waals surface area (Å²) in [5, 5.41) is 12.8. The zero-order valence-corrected chi connectivity index (χ0v) is 13.4. The van der Waals surface area contributed by atoms with Crippen molar-refractivity contribution in [1.82, 2.24) is 20.5 Å². The van der Waals surface area contributed by atoms with Crippen LogP contribution in [0.25, 0.3) is 10.9 Å². The zero-order valence-electron chi connectivity index (χ0n) is 12.6. The van der Waals surface area contributed by atoms with Crippen molar-refractivity contribution in [2.24, 2.45) is 0 Å². The fraction of sp³-hybridized carbons (Fsp3) is 0.267. The minimum atomic E-state index is -0.241. The van der Waals surface area contributed by atoms with E-state index in [2.05, 4.69) is 26.6 Å². The fourth-order valence-corrected chi connectivity index (χ4v) is 3.03. The van der Waals surface area contributed by atoms with Crippen LogP contribution in [0.4, 0.5) is 5.13 Å². The lowest BCUT2D eigenvalue weighted by molar-refractivity contribution is 0.0935. The topological polar surface area (TPSA) is 96.7 Å². The molecule has 0 aliphatic rings. The molecule has 1 atom stereocenters. The predicted molar refractivity (Wildman–Crippen MR) is 88.0 cm³/mol. The highest BCUT2D eigenvalue weighted by Crippen LogP contribution is 2.24. The van der Waals surface area contributed by atoms with Crippen molar-refractivity contribution in [2.45, 2.75) is 26.8 Å². The normalized spacial score (nSPS) is 12.5. The summed E-state index contributed by atoms with van der Waals surface area (Å²) in [7, 11) is 0. The number of carbonyl (C=O) groups excluding carboxylic acids is 1. The minimum Gasteiger partial charge on any atom is -0.374 e. The number of aromatic nitrogens is 3. The van der Waals surface area contributed by atoms with E-state index in [4.69, 9.17) is 5.73 Å². The molecule has 114 valence electrons. The number of nitrogens with one attached hydrogen (secondary N) is 2. The number of aromatic amines is 1. The van der Waals surface area contributed by atoms with E-state index in [0.29, 0.717) is 15.8 Å². The smallest absolute Gasteiger partial charge is 0.268 e. The summed E-state index contributed by atoms with van der Waals surface area (Å²) in [6, 6.07) is 5.85. The number of anilines is 1. The van der Waals surface area contributed by atoms with E-state index < -0.39 is 0 Å². The van der Waals surface area contributed by atoms with Crippen molar-refractivity contribution in [3.63, 3.8) is 0 Å². The molecule has 3 rings (SSSR count). The van der Waals surface area contributed by atoms with E-state index in [1.807, 2.05) is 32.9 Å². The van der Waals surface area contributed by atoms with Crippen LogP contribution in [-0.2, 0) is 0 Å². The molecule has 7 heteroatoms. The lowest BCUT2D eigenvalue weighted by Gasteiger charge is -2.10. The Morgan fingerprint density at radius 1 is 1.36 bits per heavy atom. The first-order valence-electron chi connectivity index (χ1n) is 6.94. The molecular formula is C15H17N5OS. The number of rotatable bonds is 3. The first-order valence-corrected chi connectivity index (χ1v) is 7.76. The van der Waals surface area contributed by atoms with Gasteiger partial charge in [-0.25, -0.2) is 0 Å². The Labute approximate surface area is 131 Å². The summed E-state index contributed by atoms with van der Waals surface area (Å²) < 4.78 is 0. The molecule has 0 fully saturated rings. The largest absolute Gasteiger partial charge is 0.374 e. The monoisotopic (exact) mass is 315 g/mol. The van der Waals surface area contributed by atoms with Crippen LogP contribution < -0.4 is 11.1 Å². The van der Waals surface area contributed by atoms with Gasteiger partial charge >= 0.3 is 0 Å². The first-order chi connectivity index (χ1) is 10.5. The zero-order chi connectivity index (χ0) is 15.9. The summed E-state index contributed by atoms with van der Waals surface area (Å²) in [5.41, 5.74) is 9.22. The van der Waals surface area contributed by atoms with Crippen LogP contribution >= 0.6 is 11.3 Å². The maximum atomic E-state index is 12.5. The van der Waals surface area contributed by atoms with Gasteiger partial charge in [0, 0.05) is 10.9 Å². The molecule has 0 radical (unpaired) electrons. The van der Waals surface area contributed by atoms with Crippen molar-refractivity contribution in [2.75, 3.05) is 5.73 Å². The molecule has 0 aliphatic heterocycles. The van der Waals surface area contributed by atoms with Gasteiger partial charge in [-0.05, 0) is 38.5 Å². The van der Waals surface area contributed by atoms with Crippen LogP contribution in [0.5, 0.6) is 0 Å². The highest BCUT2D eigenvalue weighted by Gasteiger charge is 2.19. The van der Waals surface area contributed by atoms with E-state index in [9.17, 15) is 4.79 Å². The van der Waals surface area contributed by atoms with Gasteiger partial charge in [-0.15, -0.1) is 10.2 Å². The van der Waals surface area contributed by atoms with Gasteiger partial charge in [0.1, 0.15) is 10.7 Å². The number of benzene rings is 1. The molecule has 1 aromatic carbocycles. The number of amides is 1. The van der Waals surface area contributed by atoms with Crippen LogP contribution in [0.2, 0.25) is 0 Å². The number of aryl methyl sites for hydroxylation is 2. The van der Waals surface area contributed by atoms with E-state index in [1.54, 1.807) is 0 Å². The highest BCUT2D eigenvalue weighted by molar-refractivity contribution is 7.15. The van der Waals surface area contributed by atoms with Crippen molar-refractivity contribution >= 4 is 33.3 Å². The standard InChI is InChI=1S/C15H17N5OS/c1-7-4-5-11-10(6-7)8(2)12(18-11)13(21)17-9(3)14-19-20-15(16)22-14/h4-6,9,18H,1-3H3,(H2,16,20)(H,17,21). The average molecular weight is 315 g/mol. The van der Waals surface area contributed by atoms with Crippen LogP contribution in [0.1, 0.15) is 39.6 Å². The van der Waals surface area contributed by atoms with Crippen LogP contribution in [0, 0.1) is 13.8 Å². The molecule has 1 unspecified atom stereocenters. The average Bonchev–Trinajstić information content (AvgIpc) is 3.04. The summed E-state index contributed by atoms with van der Waals surface area (Å²) >= 11 is 1.27. The van der Waals surface area contributed by atoms with Crippen molar-refractivity contribution in [3.05, 3.63) is 40.0 Å². The summed E-state index contributed by atoms with van der Waals surface area (Å²) in [4.78, 5) is 15.7. The first kappa shape index (κ1) is 14.5. The van der Waals surface area contributed by atoms with Gasteiger partial charge < -0.3 is 16.0 Å². The third kappa shape index (κ3) is 2.55. The number of hydrogen-bond donors (Lipinski definition) is 3. The van der Waals surface area contributed by atoms with Crippen molar-refractivity contribution in [3.8, 4) is 0 Å². The van der Waals surface area contributed by atoms with Crippen molar-refractivity contribution in [1.29, 1.82) is 0 Å². The van der Waals surface area contributed by atoms with Gasteiger partial charge in [-0.2, -0.15) is 0 Å². The Kier molecular flexibility index (Phi) is 3.58. The lowest BCUT2D eigenvalue weighted by atomic mass is 10.1. The second-order valence-corrected chi connectivity index (χ2v) is 6.39. The molecule has 2 heterocycles. The molecular weight excluding hydrogens is 298 g/mol. The number of nitrogen functional groups attached to an aromatic ring is 1. The Bertz CT molecular complexity index is 851. The van der Waals surface area contributed by atoms with E-state index in [0.717, 1.165) is 16.5 Å². The Morgan fingerprint density at radius 3 is 2.82 bits per heavy atom. The lowest BCUT2D eigenvalue weighted by Crippen LogP contribution is -2.27. The molecule has 1 amide bonds. The maximum absolute atomic E-state index is 12.5. The van der Waals surface area contributed by atoms with E-state index >= 15 is 0 Å². The second kappa shape index (κ2) is 5.42. The van der Waals surface area contributed by atoms with Crippen LogP contribution in [0.15, 0.2) is 18.2 Å². The molecule has 0 saturated heterocycles. The molecule has 6 nitrogen and oxygen atoms in total. The van der Waals surface area contributed by atoms with Crippen LogP contribution in [-0.4, -0.2) is 21.1 Å². The molecule has 3 aromatic rings. The third-order valence-corrected chi connectivity index (χ3v) is 4.55. The van der Waals surface area contributed by atoms with Gasteiger partial charge in [0.15, 0.2) is 0 Å². The van der Waals surface area contributed by atoms with Gasteiger partial charge in [0.05, 0.1) is 6.04 Å². The third-order valence-electron chi connectivity index (χ3n) is 3.62. The molecule has 4 N–H and O–H groups in total. The number of H-pyrrole nitrogens is 1. The number of hydrogen-bond acceptors (Lipinski definition) is 5. The fourth-order valence-electron chi connectivity index (χ4n) is 2.42. The van der Waals surface area contributed by atoms with E-state index in [-0.39, 0.29) is 11.9 Å². The molecule has 2 aromatic heterocycles. The van der Waals surface area contributed by atoms with Crippen LogP contribution in [0.3, 0.4) is 0 Å². The highest BCUT2D eigenvalue weighted by atomic mass is 32.1. The van der Waals surface area contributed by atoms with Gasteiger partial charge in [0.2, 0.25) is 5.13 Å².